The molecule has 0 saturated heterocycles. The Bertz CT molecular complexity index is 246. The maximum Gasteiger partial charge on any atom is 0.162 e. The molecule has 4 heteroatoms. The Morgan fingerprint density at radius 2 is 1.80 bits per heavy atom. The molecule has 1 unspecified atom stereocenters. The highest BCUT2D eigenvalue weighted by molar-refractivity contribution is 7.50. The fourth-order valence-corrected chi connectivity index (χ4v) is 1.11. The normalized spacial score (nSPS) is 13.0. The summed E-state index contributed by atoms with van der Waals surface area (Å²) in [5.74, 6) is -0.341. The van der Waals surface area contributed by atoms with Gasteiger partial charge in [0.15, 0.2) is 7.95 Å². The van der Waals surface area contributed by atoms with Crippen molar-refractivity contribution in [2.24, 2.45) is 5.50 Å². The van der Waals surface area contributed by atoms with Gasteiger partial charge >= 0.3 is 0 Å². The second-order valence-corrected chi connectivity index (χ2v) is 3.18. The Kier molecular flexibility index (Phi) is 2.20. The van der Waals surface area contributed by atoms with Crippen molar-refractivity contribution in [2.45, 2.75) is 0 Å². The third-order valence-electron chi connectivity index (χ3n) is 1.13. The highest BCUT2D eigenvalue weighted by Gasteiger charge is 1.95. The summed E-state index contributed by atoms with van der Waals surface area (Å²) in [4.78, 5) is 0. The second-order valence-electron chi connectivity index (χ2n) is 1.87. The molecular weight excluding hydrogens is 152 g/mol. The molecule has 2 N–H and O–H groups in total. The van der Waals surface area contributed by atoms with Crippen molar-refractivity contribution in [2.75, 3.05) is 0 Å². The monoisotopic (exact) mass is 159 g/mol. The van der Waals surface area contributed by atoms with Gasteiger partial charge in [-0.15, -0.1) is 0 Å². The number of nitrogens with two attached hydrogens (primary N) is 1. The first-order valence-electron chi connectivity index (χ1n) is 2.75. The molecule has 0 saturated carbocycles. The summed E-state index contributed by atoms with van der Waals surface area (Å²) in [6, 6.07) is 5.34. The lowest BCUT2D eigenvalue weighted by Crippen LogP contribution is -1.99. The average molecular weight is 159 g/mol. The summed E-state index contributed by atoms with van der Waals surface area (Å²) in [5.41, 5.74) is 5.09. The highest BCUT2D eigenvalue weighted by atomic mass is 31.1. The fraction of sp³-hybridized carbons (Fsp3) is 0. The van der Waals surface area contributed by atoms with E-state index in [1.165, 1.54) is 24.3 Å². The van der Waals surface area contributed by atoms with E-state index in [-0.39, 0.29) is 5.82 Å². The Balaban J connectivity index is 3.00. The zero-order valence-electron chi connectivity index (χ0n) is 5.17. The van der Waals surface area contributed by atoms with Crippen LogP contribution in [0.25, 0.3) is 0 Å². The van der Waals surface area contributed by atoms with Gasteiger partial charge in [-0.05, 0) is 24.3 Å². The molecule has 0 spiro atoms. The molecule has 0 aliphatic carbocycles. The fourth-order valence-electron chi connectivity index (χ4n) is 0.614. The molecule has 1 aromatic carbocycles. The molecule has 0 fully saturated rings. The van der Waals surface area contributed by atoms with Gasteiger partial charge < -0.3 is 4.57 Å². The molecular formula is C6H7FNOP. The highest BCUT2D eigenvalue weighted by Crippen LogP contribution is 2.07. The molecule has 2 nitrogen and oxygen atoms in total. The second kappa shape index (κ2) is 2.95. The molecule has 0 aliphatic heterocycles. The first kappa shape index (κ1) is 7.45. The summed E-state index contributed by atoms with van der Waals surface area (Å²) in [5, 5.41) is 0.506. The topological polar surface area (TPSA) is 43.1 Å². The number of benzene rings is 1. The summed E-state index contributed by atoms with van der Waals surface area (Å²) >= 11 is 0. The van der Waals surface area contributed by atoms with E-state index in [1.54, 1.807) is 0 Å². The van der Waals surface area contributed by atoms with Gasteiger partial charge in [0.2, 0.25) is 0 Å². The number of hydrogen-bond donors (Lipinski definition) is 1. The van der Waals surface area contributed by atoms with Crippen LogP contribution in [-0.2, 0) is 4.57 Å². The molecule has 0 aromatic heterocycles. The average Bonchev–Trinajstić information content (AvgIpc) is 1.88. The van der Waals surface area contributed by atoms with Crippen LogP contribution < -0.4 is 10.8 Å². The van der Waals surface area contributed by atoms with Crippen LogP contribution in [0, 0.1) is 5.82 Å². The van der Waals surface area contributed by atoms with Crippen LogP contribution in [0.4, 0.5) is 4.39 Å². The van der Waals surface area contributed by atoms with E-state index in [1.807, 2.05) is 0 Å². The van der Waals surface area contributed by atoms with Crippen LogP contribution in [0.2, 0.25) is 0 Å². The van der Waals surface area contributed by atoms with Crippen molar-refractivity contribution >= 4 is 13.3 Å². The third-order valence-corrected chi connectivity index (χ3v) is 2.03. The van der Waals surface area contributed by atoms with Crippen molar-refractivity contribution in [3.05, 3.63) is 30.1 Å². The smallest absolute Gasteiger partial charge is 0.162 e. The van der Waals surface area contributed by atoms with Gasteiger partial charge in [-0.3, -0.25) is 5.50 Å². The first-order valence-corrected chi connectivity index (χ1v) is 4.24. The van der Waals surface area contributed by atoms with E-state index in [9.17, 15) is 8.96 Å². The zero-order chi connectivity index (χ0) is 7.56. The lowest BCUT2D eigenvalue weighted by Gasteiger charge is -1.93. The minimum Gasteiger partial charge on any atom is -0.305 e. The molecule has 1 atom stereocenters. The number of hydrogen-bond acceptors (Lipinski definition) is 1. The molecule has 0 amide bonds. The quantitative estimate of drug-likeness (QED) is 0.618. The van der Waals surface area contributed by atoms with Crippen LogP contribution in [0.3, 0.4) is 0 Å². The Morgan fingerprint density at radius 3 is 2.20 bits per heavy atom. The van der Waals surface area contributed by atoms with Crippen LogP contribution in [-0.4, -0.2) is 0 Å². The van der Waals surface area contributed by atoms with Gasteiger partial charge in [0.05, 0.1) is 0 Å². The zero-order valence-corrected chi connectivity index (χ0v) is 6.17. The Labute approximate surface area is 58.7 Å². The van der Waals surface area contributed by atoms with Crippen molar-refractivity contribution < 1.29 is 8.96 Å². The van der Waals surface area contributed by atoms with E-state index in [4.69, 9.17) is 5.50 Å². The predicted molar refractivity (Wildman–Crippen MR) is 39.2 cm³/mol. The van der Waals surface area contributed by atoms with Crippen LogP contribution in [0.5, 0.6) is 0 Å². The van der Waals surface area contributed by atoms with E-state index in [0.717, 1.165) is 0 Å². The summed E-state index contributed by atoms with van der Waals surface area (Å²) in [6.45, 7) is 0. The van der Waals surface area contributed by atoms with E-state index < -0.39 is 7.95 Å². The SMILES string of the molecule is N[PH](=O)c1ccc(F)cc1. The van der Waals surface area contributed by atoms with Gasteiger partial charge in [-0.25, -0.2) is 4.39 Å². The molecule has 1 aromatic rings. The van der Waals surface area contributed by atoms with E-state index >= 15 is 0 Å². The summed E-state index contributed by atoms with van der Waals surface area (Å²) < 4.78 is 22.8. The summed E-state index contributed by atoms with van der Waals surface area (Å²) in [7, 11) is -2.15. The van der Waals surface area contributed by atoms with Crippen molar-refractivity contribution in [1.82, 2.24) is 0 Å². The van der Waals surface area contributed by atoms with Crippen LogP contribution in [0.15, 0.2) is 24.3 Å². The van der Waals surface area contributed by atoms with Crippen molar-refractivity contribution in [3.8, 4) is 0 Å². The minimum atomic E-state index is -2.15. The first-order chi connectivity index (χ1) is 4.70. The Hall–Kier alpha value is -0.660. The molecule has 0 heterocycles. The van der Waals surface area contributed by atoms with Crippen molar-refractivity contribution in [3.63, 3.8) is 0 Å². The predicted octanol–water partition coefficient (Wildman–Crippen LogP) is 0.884. The summed E-state index contributed by atoms with van der Waals surface area (Å²) in [6.07, 6.45) is 0. The van der Waals surface area contributed by atoms with Crippen molar-refractivity contribution in [1.29, 1.82) is 0 Å². The van der Waals surface area contributed by atoms with Gasteiger partial charge in [0, 0.05) is 5.30 Å². The molecule has 0 aliphatic rings. The maximum absolute atomic E-state index is 12.2. The van der Waals surface area contributed by atoms with Crippen LogP contribution >= 0.6 is 7.95 Å². The number of halogens is 1. The van der Waals surface area contributed by atoms with Gasteiger partial charge in [0.1, 0.15) is 5.82 Å². The number of rotatable bonds is 1. The lowest BCUT2D eigenvalue weighted by molar-refractivity contribution is 0.594. The molecule has 10 heavy (non-hydrogen) atoms. The maximum atomic E-state index is 12.2. The van der Waals surface area contributed by atoms with Gasteiger partial charge in [0.25, 0.3) is 0 Å². The van der Waals surface area contributed by atoms with Crippen LogP contribution in [0.1, 0.15) is 0 Å². The standard InChI is InChI=1S/C6H7FNOP/c7-5-1-3-6(4-2-5)10(8)9/h1-4,10H,(H2,8,9). The largest absolute Gasteiger partial charge is 0.305 e. The lowest BCUT2D eigenvalue weighted by atomic mass is 10.4. The molecule has 0 radical (unpaired) electrons. The Morgan fingerprint density at radius 1 is 1.30 bits per heavy atom. The molecule has 54 valence electrons. The van der Waals surface area contributed by atoms with Gasteiger partial charge in [-0.2, -0.15) is 0 Å². The minimum absolute atomic E-state index is 0.341. The van der Waals surface area contributed by atoms with E-state index in [0.29, 0.717) is 5.30 Å². The molecule has 0 bridgehead atoms. The van der Waals surface area contributed by atoms with Gasteiger partial charge in [-0.1, -0.05) is 0 Å². The molecule has 1 rings (SSSR count). The van der Waals surface area contributed by atoms with E-state index in [2.05, 4.69) is 0 Å². The third kappa shape index (κ3) is 1.66.